The summed E-state index contributed by atoms with van der Waals surface area (Å²) in [5.74, 6) is 0. The third-order valence-electron chi connectivity index (χ3n) is 3.69. The molecule has 1 saturated heterocycles. The molecule has 1 unspecified atom stereocenters. The lowest BCUT2D eigenvalue weighted by Crippen LogP contribution is -2.35. The minimum atomic E-state index is -0.879. The number of likely N-dealkylation sites (tertiary alicyclic amines) is 1. The van der Waals surface area contributed by atoms with E-state index in [-0.39, 0.29) is 6.04 Å². The first-order valence-corrected chi connectivity index (χ1v) is 5.70. The van der Waals surface area contributed by atoms with Crippen LogP contribution in [0, 0.1) is 0 Å². The van der Waals surface area contributed by atoms with Crippen molar-refractivity contribution in [1.29, 1.82) is 0 Å². The minimum Gasteiger partial charge on any atom is -0.465 e. The molecule has 1 fully saturated rings. The van der Waals surface area contributed by atoms with Crippen LogP contribution in [0.5, 0.6) is 0 Å². The standard InChI is InChI=1S/C12H14N2O3/c1-8-5-12(7-14(8)11(15)16)9-3-2-4-13-10(9)6-17-12/h2-4,8H,5-7H2,1H3,(H,15,16)/t8-,12?/m0/s1. The van der Waals surface area contributed by atoms with E-state index in [1.807, 2.05) is 19.1 Å². The number of aromatic nitrogens is 1. The van der Waals surface area contributed by atoms with Crippen LogP contribution in [0.25, 0.3) is 0 Å². The molecule has 5 heteroatoms. The molecule has 2 aliphatic rings. The van der Waals surface area contributed by atoms with Gasteiger partial charge in [-0.25, -0.2) is 4.79 Å². The van der Waals surface area contributed by atoms with Crippen LogP contribution in [-0.2, 0) is 16.9 Å². The highest BCUT2D eigenvalue weighted by molar-refractivity contribution is 5.66. The maximum atomic E-state index is 11.1. The molecular formula is C12H14N2O3. The molecule has 0 bridgehead atoms. The highest BCUT2D eigenvalue weighted by Gasteiger charge is 2.50. The summed E-state index contributed by atoms with van der Waals surface area (Å²) < 4.78 is 5.86. The molecule has 17 heavy (non-hydrogen) atoms. The predicted octanol–water partition coefficient (Wildman–Crippen LogP) is 1.58. The Bertz CT molecular complexity index is 477. The highest BCUT2D eigenvalue weighted by atomic mass is 16.5. The molecule has 1 aromatic rings. The molecular weight excluding hydrogens is 220 g/mol. The van der Waals surface area contributed by atoms with Crippen LogP contribution in [0.4, 0.5) is 4.79 Å². The fourth-order valence-electron chi connectivity index (χ4n) is 2.89. The summed E-state index contributed by atoms with van der Waals surface area (Å²) in [5.41, 5.74) is 1.52. The topological polar surface area (TPSA) is 62.7 Å². The Labute approximate surface area is 99.0 Å². The SMILES string of the molecule is C[C@H]1CC2(CN1C(=O)O)OCc1ncccc12. The Morgan fingerprint density at radius 1 is 1.71 bits per heavy atom. The second-order valence-corrected chi connectivity index (χ2v) is 4.74. The van der Waals surface area contributed by atoms with Gasteiger partial charge in [0.25, 0.3) is 0 Å². The molecule has 0 aromatic carbocycles. The first-order valence-electron chi connectivity index (χ1n) is 5.70. The summed E-state index contributed by atoms with van der Waals surface area (Å²) in [7, 11) is 0. The van der Waals surface area contributed by atoms with Crippen molar-refractivity contribution in [3.63, 3.8) is 0 Å². The predicted molar refractivity (Wildman–Crippen MR) is 59.5 cm³/mol. The molecule has 3 heterocycles. The Morgan fingerprint density at radius 2 is 2.53 bits per heavy atom. The summed E-state index contributed by atoms with van der Waals surface area (Å²) in [6.07, 6.45) is 1.57. The number of hydrogen-bond acceptors (Lipinski definition) is 3. The van der Waals surface area contributed by atoms with Gasteiger partial charge in [0.05, 0.1) is 18.8 Å². The molecule has 0 aliphatic carbocycles. The number of amides is 1. The molecule has 2 aliphatic heterocycles. The maximum Gasteiger partial charge on any atom is 0.407 e. The third-order valence-corrected chi connectivity index (χ3v) is 3.69. The Balaban J connectivity index is 1.98. The second-order valence-electron chi connectivity index (χ2n) is 4.74. The van der Waals surface area contributed by atoms with Gasteiger partial charge in [0, 0.05) is 24.2 Å². The average Bonchev–Trinajstić information content (AvgIpc) is 2.83. The van der Waals surface area contributed by atoms with E-state index < -0.39 is 11.7 Å². The van der Waals surface area contributed by atoms with Gasteiger partial charge < -0.3 is 14.7 Å². The Hall–Kier alpha value is -1.62. The molecule has 0 saturated carbocycles. The lowest BCUT2D eigenvalue weighted by Gasteiger charge is -2.23. The van der Waals surface area contributed by atoms with Crippen molar-refractivity contribution in [3.05, 3.63) is 29.6 Å². The zero-order valence-electron chi connectivity index (χ0n) is 9.59. The van der Waals surface area contributed by atoms with Crippen molar-refractivity contribution >= 4 is 6.09 Å². The smallest absolute Gasteiger partial charge is 0.407 e. The monoisotopic (exact) mass is 234 g/mol. The van der Waals surface area contributed by atoms with Gasteiger partial charge >= 0.3 is 6.09 Å². The number of carbonyl (C=O) groups is 1. The average molecular weight is 234 g/mol. The fraction of sp³-hybridized carbons (Fsp3) is 0.500. The fourth-order valence-corrected chi connectivity index (χ4v) is 2.89. The number of carboxylic acid groups (broad SMARTS) is 1. The van der Waals surface area contributed by atoms with E-state index in [0.29, 0.717) is 19.6 Å². The molecule has 1 N–H and O–H groups in total. The van der Waals surface area contributed by atoms with Crippen LogP contribution >= 0.6 is 0 Å². The van der Waals surface area contributed by atoms with Crippen LogP contribution in [0.15, 0.2) is 18.3 Å². The van der Waals surface area contributed by atoms with Gasteiger partial charge in [-0.3, -0.25) is 4.98 Å². The molecule has 90 valence electrons. The van der Waals surface area contributed by atoms with Crippen LogP contribution < -0.4 is 0 Å². The van der Waals surface area contributed by atoms with Crippen molar-refractivity contribution in [2.24, 2.45) is 0 Å². The van der Waals surface area contributed by atoms with Gasteiger partial charge in [0.1, 0.15) is 5.60 Å². The van der Waals surface area contributed by atoms with Gasteiger partial charge in [0.2, 0.25) is 0 Å². The van der Waals surface area contributed by atoms with Crippen molar-refractivity contribution in [2.45, 2.75) is 31.6 Å². The van der Waals surface area contributed by atoms with Gasteiger partial charge in [-0.05, 0) is 13.0 Å². The van der Waals surface area contributed by atoms with Gasteiger partial charge in [-0.1, -0.05) is 6.07 Å². The van der Waals surface area contributed by atoms with Crippen LogP contribution in [0.2, 0.25) is 0 Å². The van der Waals surface area contributed by atoms with Crippen molar-refractivity contribution in [2.75, 3.05) is 6.54 Å². The van der Waals surface area contributed by atoms with E-state index in [0.717, 1.165) is 11.3 Å². The van der Waals surface area contributed by atoms with Crippen molar-refractivity contribution in [3.8, 4) is 0 Å². The Kier molecular flexibility index (Phi) is 2.13. The number of rotatable bonds is 0. The normalized spacial score (nSPS) is 30.9. The first-order chi connectivity index (χ1) is 8.12. The van der Waals surface area contributed by atoms with E-state index >= 15 is 0 Å². The molecule has 1 spiro atoms. The lowest BCUT2D eigenvalue weighted by molar-refractivity contribution is -0.0291. The van der Waals surface area contributed by atoms with E-state index in [4.69, 9.17) is 9.84 Å². The summed E-state index contributed by atoms with van der Waals surface area (Å²) in [6, 6.07) is 3.86. The number of nitrogens with zero attached hydrogens (tertiary/aromatic N) is 2. The lowest BCUT2D eigenvalue weighted by atomic mass is 9.92. The zero-order valence-corrected chi connectivity index (χ0v) is 9.59. The number of hydrogen-bond donors (Lipinski definition) is 1. The molecule has 2 atom stereocenters. The number of ether oxygens (including phenoxy) is 1. The van der Waals surface area contributed by atoms with E-state index in [1.54, 1.807) is 6.20 Å². The van der Waals surface area contributed by atoms with E-state index in [2.05, 4.69) is 4.98 Å². The van der Waals surface area contributed by atoms with Crippen LogP contribution in [-0.4, -0.2) is 33.7 Å². The second kappa shape index (κ2) is 3.43. The van der Waals surface area contributed by atoms with Crippen LogP contribution in [0.1, 0.15) is 24.6 Å². The largest absolute Gasteiger partial charge is 0.465 e. The molecule has 3 rings (SSSR count). The molecule has 0 radical (unpaired) electrons. The Morgan fingerprint density at radius 3 is 3.24 bits per heavy atom. The maximum absolute atomic E-state index is 11.1. The van der Waals surface area contributed by atoms with Gasteiger partial charge in [-0.2, -0.15) is 0 Å². The van der Waals surface area contributed by atoms with Crippen molar-refractivity contribution < 1.29 is 14.6 Å². The molecule has 5 nitrogen and oxygen atoms in total. The van der Waals surface area contributed by atoms with E-state index in [9.17, 15) is 4.79 Å². The van der Waals surface area contributed by atoms with Gasteiger partial charge in [0.15, 0.2) is 0 Å². The van der Waals surface area contributed by atoms with Crippen molar-refractivity contribution in [1.82, 2.24) is 9.88 Å². The molecule has 1 amide bonds. The van der Waals surface area contributed by atoms with Crippen LogP contribution in [0.3, 0.4) is 0 Å². The summed E-state index contributed by atoms with van der Waals surface area (Å²) in [6.45, 7) is 2.80. The number of pyridine rings is 1. The number of fused-ring (bicyclic) bond motifs is 2. The van der Waals surface area contributed by atoms with E-state index in [1.165, 1.54) is 4.90 Å². The minimum absolute atomic E-state index is 0.0151. The third kappa shape index (κ3) is 1.42. The quantitative estimate of drug-likeness (QED) is 0.740. The first kappa shape index (κ1) is 10.5. The highest BCUT2D eigenvalue weighted by Crippen LogP contribution is 2.44. The molecule has 1 aromatic heterocycles. The summed E-state index contributed by atoms with van der Waals surface area (Å²) >= 11 is 0. The summed E-state index contributed by atoms with van der Waals surface area (Å²) in [5, 5.41) is 9.13. The summed E-state index contributed by atoms with van der Waals surface area (Å²) in [4.78, 5) is 16.8. The van der Waals surface area contributed by atoms with Gasteiger partial charge in [-0.15, -0.1) is 0 Å². The zero-order chi connectivity index (χ0) is 12.0.